The van der Waals surface area contributed by atoms with Crippen molar-refractivity contribution in [3.8, 4) is 5.75 Å². The van der Waals surface area contributed by atoms with Crippen molar-refractivity contribution in [1.82, 2.24) is 0 Å². The smallest absolute Gasteiger partial charge is 0.262 e. The van der Waals surface area contributed by atoms with Crippen LogP contribution in [0.5, 0.6) is 5.75 Å². The first-order valence-corrected chi connectivity index (χ1v) is 7.34. The second kappa shape index (κ2) is 6.04. The maximum atomic E-state index is 12.2. The second-order valence-corrected chi connectivity index (χ2v) is 5.52. The van der Waals surface area contributed by atoms with Gasteiger partial charge < -0.3 is 5.11 Å². The summed E-state index contributed by atoms with van der Waals surface area (Å²) in [4.78, 5) is 22.3. The van der Waals surface area contributed by atoms with Gasteiger partial charge in [-0.25, -0.2) is 0 Å². The number of nitrogens with zero attached hydrogens (tertiary/aromatic N) is 1. The van der Waals surface area contributed by atoms with E-state index in [4.69, 9.17) is 0 Å². The number of carbonyl (C=O) groups is 1. The van der Waals surface area contributed by atoms with Crippen LogP contribution in [0.2, 0.25) is 0 Å². The van der Waals surface area contributed by atoms with E-state index in [1.165, 1.54) is 35.4 Å². The van der Waals surface area contributed by atoms with Crippen molar-refractivity contribution in [2.75, 3.05) is 0 Å². The van der Waals surface area contributed by atoms with E-state index >= 15 is 0 Å². The van der Waals surface area contributed by atoms with Crippen LogP contribution in [0.4, 0.5) is 5.69 Å². The molecule has 5 nitrogen and oxygen atoms in total. The number of nitro groups is 1. The first-order chi connectivity index (χ1) is 11.0. The van der Waals surface area contributed by atoms with Crippen LogP contribution >= 0.6 is 0 Å². The van der Waals surface area contributed by atoms with Gasteiger partial charge in [-0.15, -0.1) is 0 Å². The normalized spacial score (nSPS) is 13.2. The minimum absolute atomic E-state index is 0.159. The Kier molecular flexibility index (Phi) is 3.93. The van der Waals surface area contributed by atoms with E-state index in [0.717, 1.165) is 25.3 Å². The van der Waals surface area contributed by atoms with E-state index in [0.29, 0.717) is 11.1 Å². The van der Waals surface area contributed by atoms with Crippen molar-refractivity contribution in [2.24, 2.45) is 0 Å². The number of aryl methyl sites for hydroxylation is 2. The third-order valence-corrected chi connectivity index (χ3v) is 3.99. The number of carbonyl (C=O) groups excluding carboxylic acids is 1. The third kappa shape index (κ3) is 3.13. The first kappa shape index (κ1) is 15.0. The fourth-order valence-electron chi connectivity index (χ4n) is 2.77. The summed E-state index contributed by atoms with van der Waals surface area (Å²) in [6.45, 7) is 0. The maximum Gasteiger partial charge on any atom is 0.262 e. The van der Waals surface area contributed by atoms with E-state index in [-0.39, 0.29) is 5.78 Å². The Morgan fingerprint density at radius 1 is 1.09 bits per heavy atom. The lowest BCUT2D eigenvalue weighted by molar-refractivity contribution is -0.398. The van der Waals surface area contributed by atoms with Crippen molar-refractivity contribution in [3.05, 3.63) is 74.8 Å². The van der Waals surface area contributed by atoms with E-state index in [2.05, 4.69) is 0 Å². The Morgan fingerprint density at radius 3 is 2.65 bits per heavy atom. The fraction of sp³-hybridized carbons (Fsp3) is 0.167. The van der Waals surface area contributed by atoms with Gasteiger partial charge in [-0.3, -0.25) is 14.9 Å². The molecule has 23 heavy (non-hydrogen) atoms. The summed E-state index contributed by atoms with van der Waals surface area (Å²) >= 11 is 0. The lowest BCUT2D eigenvalue weighted by Crippen LogP contribution is -1.98. The Labute approximate surface area is 133 Å². The summed E-state index contributed by atoms with van der Waals surface area (Å²) in [5.74, 6) is -0.800. The molecule has 0 heterocycles. The fourth-order valence-corrected chi connectivity index (χ4v) is 2.77. The van der Waals surface area contributed by atoms with Gasteiger partial charge in [-0.2, -0.15) is 0 Å². The molecule has 0 amide bonds. The molecule has 0 aliphatic heterocycles. The van der Waals surface area contributed by atoms with Crippen molar-refractivity contribution in [1.29, 1.82) is 0 Å². The number of allylic oxidation sites excluding steroid dienone is 1. The van der Waals surface area contributed by atoms with Gasteiger partial charge in [0.1, 0.15) is 0 Å². The predicted molar refractivity (Wildman–Crippen MR) is 84.4 cm³/mol. The number of ketones is 1. The van der Waals surface area contributed by atoms with Crippen LogP contribution < -0.4 is 5.11 Å². The van der Waals surface area contributed by atoms with Crippen molar-refractivity contribution >= 4 is 17.5 Å². The molecule has 0 N–H and O–H groups in total. The number of hydrogen-bond donors (Lipinski definition) is 0. The Hall–Kier alpha value is -2.95. The molecular weight excluding hydrogens is 294 g/mol. The third-order valence-electron chi connectivity index (χ3n) is 3.99. The van der Waals surface area contributed by atoms with E-state index in [1.807, 2.05) is 12.1 Å². The zero-order valence-electron chi connectivity index (χ0n) is 12.3. The Morgan fingerprint density at radius 2 is 1.87 bits per heavy atom. The highest BCUT2D eigenvalue weighted by molar-refractivity contribution is 6.07. The highest BCUT2D eigenvalue weighted by Gasteiger charge is 2.13. The topological polar surface area (TPSA) is 83.3 Å². The Bertz CT molecular complexity index is 824. The lowest BCUT2D eigenvalue weighted by Gasteiger charge is -2.06. The standard InChI is InChI=1S/C18H15NO4/c20-17(15-7-6-13-2-1-3-14(13)11-15)8-4-12-5-9-18(21)16(10-12)19(22)23/h4-11,21H,1-3H2/p-1/b8-4+. The summed E-state index contributed by atoms with van der Waals surface area (Å²) in [7, 11) is 0. The van der Waals surface area contributed by atoms with Crippen LogP contribution in [0.1, 0.15) is 33.5 Å². The molecule has 0 radical (unpaired) electrons. The molecule has 5 heteroatoms. The van der Waals surface area contributed by atoms with Crippen molar-refractivity contribution < 1.29 is 14.8 Å². The summed E-state index contributed by atoms with van der Waals surface area (Å²) in [6, 6.07) is 9.48. The molecule has 1 aliphatic rings. The Balaban J connectivity index is 1.81. The maximum absolute atomic E-state index is 12.2. The molecule has 0 atom stereocenters. The predicted octanol–water partition coefficient (Wildman–Crippen LogP) is 3.05. The minimum atomic E-state index is -0.720. The first-order valence-electron chi connectivity index (χ1n) is 7.34. The van der Waals surface area contributed by atoms with Gasteiger partial charge in [0, 0.05) is 11.6 Å². The van der Waals surface area contributed by atoms with E-state index in [9.17, 15) is 20.0 Å². The molecule has 3 rings (SSSR count). The number of benzene rings is 2. The van der Waals surface area contributed by atoms with Crippen LogP contribution in [-0.4, -0.2) is 10.7 Å². The van der Waals surface area contributed by atoms with Gasteiger partial charge >= 0.3 is 0 Å². The minimum Gasteiger partial charge on any atom is -0.868 e. The van der Waals surface area contributed by atoms with Gasteiger partial charge in [0.2, 0.25) is 0 Å². The summed E-state index contributed by atoms with van der Waals surface area (Å²) in [5, 5.41) is 22.1. The molecule has 0 aromatic heterocycles. The van der Waals surface area contributed by atoms with Gasteiger partial charge in [-0.05, 0) is 53.8 Å². The molecule has 0 saturated carbocycles. The molecule has 0 bridgehead atoms. The monoisotopic (exact) mass is 308 g/mol. The van der Waals surface area contributed by atoms with Gasteiger partial charge in [-0.1, -0.05) is 30.3 Å². The number of nitro benzene ring substituents is 1. The molecule has 1 aliphatic carbocycles. The van der Waals surface area contributed by atoms with Crippen molar-refractivity contribution in [3.63, 3.8) is 0 Å². The molecule has 2 aromatic carbocycles. The lowest BCUT2D eigenvalue weighted by atomic mass is 10.0. The molecule has 0 unspecified atom stereocenters. The molecule has 0 saturated heterocycles. The number of hydrogen-bond acceptors (Lipinski definition) is 4. The van der Waals surface area contributed by atoms with Gasteiger partial charge in [0.05, 0.1) is 4.92 Å². The summed E-state index contributed by atoms with van der Waals surface area (Å²) in [5.41, 5.74) is 3.09. The van der Waals surface area contributed by atoms with Crippen LogP contribution in [0, 0.1) is 10.1 Å². The molecule has 0 fully saturated rings. The molecule has 116 valence electrons. The largest absolute Gasteiger partial charge is 0.868 e. The molecule has 0 spiro atoms. The van der Waals surface area contributed by atoms with E-state index in [1.54, 1.807) is 6.07 Å². The van der Waals surface area contributed by atoms with Crippen LogP contribution in [0.15, 0.2) is 42.5 Å². The van der Waals surface area contributed by atoms with Crippen molar-refractivity contribution in [2.45, 2.75) is 19.3 Å². The zero-order valence-corrected chi connectivity index (χ0v) is 12.3. The average Bonchev–Trinajstić information content (AvgIpc) is 3.01. The van der Waals surface area contributed by atoms with Gasteiger partial charge in [0.15, 0.2) is 5.78 Å². The van der Waals surface area contributed by atoms with Crippen LogP contribution in [0.25, 0.3) is 6.08 Å². The molecular formula is C18H14NO4-. The number of rotatable bonds is 4. The average molecular weight is 308 g/mol. The zero-order chi connectivity index (χ0) is 16.4. The second-order valence-electron chi connectivity index (χ2n) is 5.52. The van der Waals surface area contributed by atoms with Gasteiger partial charge in [0.25, 0.3) is 5.69 Å². The van der Waals surface area contributed by atoms with Crippen LogP contribution in [0.3, 0.4) is 0 Å². The van der Waals surface area contributed by atoms with E-state index < -0.39 is 16.4 Å². The number of fused-ring (bicyclic) bond motifs is 1. The summed E-state index contributed by atoms with van der Waals surface area (Å²) < 4.78 is 0. The highest BCUT2D eigenvalue weighted by atomic mass is 16.6. The summed E-state index contributed by atoms with van der Waals surface area (Å²) in [6.07, 6.45) is 6.04. The quantitative estimate of drug-likeness (QED) is 0.376. The molecule has 2 aromatic rings. The SMILES string of the molecule is O=C(/C=C/c1ccc([O-])c([N+](=O)[O-])c1)c1ccc2c(c1)CCC2. The van der Waals surface area contributed by atoms with Crippen LogP contribution in [-0.2, 0) is 12.8 Å². The highest BCUT2D eigenvalue weighted by Crippen LogP contribution is 2.25.